The third-order valence-electron chi connectivity index (χ3n) is 2.41. The fraction of sp³-hybridized carbons (Fsp3) is 0.0769. The van der Waals surface area contributed by atoms with Gasteiger partial charge in [0.1, 0.15) is 10.7 Å². The van der Waals surface area contributed by atoms with Crippen LogP contribution in [0, 0.1) is 11.3 Å². The largest absolute Gasteiger partial charge is 0.239 e. The molecule has 1 aromatic heterocycles. The van der Waals surface area contributed by atoms with E-state index in [0.717, 1.165) is 16.2 Å². The van der Waals surface area contributed by atoms with Gasteiger partial charge in [-0.25, -0.2) is 4.98 Å². The molecule has 0 aliphatic rings. The van der Waals surface area contributed by atoms with Crippen molar-refractivity contribution in [3.05, 3.63) is 45.5 Å². The molecule has 0 fully saturated rings. The molecule has 5 heteroatoms. The summed E-state index contributed by atoms with van der Waals surface area (Å²) in [6.45, 7) is 0. The maximum atomic E-state index is 9.08. The first-order valence-electron chi connectivity index (χ1n) is 5.06. The molecule has 0 bridgehead atoms. The first-order chi connectivity index (χ1) is 8.65. The first kappa shape index (κ1) is 13.4. The van der Waals surface area contributed by atoms with Crippen LogP contribution in [0.5, 0.6) is 0 Å². The molecule has 0 amide bonds. The molecule has 0 saturated heterocycles. The number of halogens is 2. The van der Waals surface area contributed by atoms with Crippen LogP contribution >= 0.6 is 39.3 Å². The zero-order valence-corrected chi connectivity index (χ0v) is 12.6. The van der Waals surface area contributed by atoms with Crippen LogP contribution < -0.4 is 0 Å². The Labute approximate surface area is 123 Å². The third kappa shape index (κ3) is 2.69. The van der Waals surface area contributed by atoms with E-state index in [-0.39, 0.29) is 0 Å². The summed E-state index contributed by atoms with van der Waals surface area (Å²) in [6.07, 6.45) is 1.94. The highest BCUT2D eigenvalue weighted by Gasteiger charge is 2.11. The monoisotopic (exact) mass is 338 g/mol. The van der Waals surface area contributed by atoms with E-state index in [1.165, 1.54) is 11.8 Å². The van der Waals surface area contributed by atoms with Crippen molar-refractivity contribution in [2.45, 2.75) is 4.90 Å². The topological polar surface area (TPSA) is 36.7 Å². The van der Waals surface area contributed by atoms with Crippen molar-refractivity contribution in [3.8, 4) is 17.3 Å². The zero-order chi connectivity index (χ0) is 13.1. The predicted octanol–water partition coefficient (Wildman–Crippen LogP) is 4.76. The molecule has 90 valence electrons. The van der Waals surface area contributed by atoms with Crippen LogP contribution in [0.25, 0.3) is 11.3 Å². The summed E-state index contributed by atoms with van der Waals surface area (Å²) in [5.74, 6) is 0. The average Bonchev–Trinajstić information content (AvgIpc) is 2.38. The maximum absolute atomic E-state index is 9.08. The van der Waals surface area contributed by atoms with Crippen LogP contribution in [0.4, 0.5) is 0 Å². The molecule has 0 unspecified atom stereocenters. The van der Waals surface area contributed by atoms with Gasteiger partial charge in [-0.2, -0.15) is 5.26 Å². The van der Waals surface area contributed by atoms with E-state index in [9.17, 15) is 0 Å². The molecule has 0 radical (unpaired) electrons. The molecule has 2 nitrogen and oxygen atoms in total. The second-order valence-electron chi connectivity index (χ2n) is 3.49. The van der Waals surface area contributed by atoms with E-state index in [4.69, 9.17) is 16.9 Å². The number of nitriles is 1. The van der Waals surface area contributed by atoms with Gasteiger partial charge in [-0.1, -0.05) is 23.7 Å². The number of hydrogen-bond donors (Lipinski definition) is 0. The van der Waals surface area contributed by atoms with Crippen molar-refractivity contribution in [1.82, 2.24) is 4.98 Å². The van der Waals surface area contributed by atoms with Crippen LogP contribution in [0.3, 0.4) is 0 Å². The Hall–Kier alpha value is -1.02. The van der Waals surface area contributed by atoms with E-state index in [0.29, 0.717) is 15.2 Å². The molecular formula is C13H8BrClN2S. The Morgan fingerprint density at radius 2 is 2.00 bits per heavy atom. The zero-order valence-electron chi connectivity index (χ0n) is 9.45. The minimum atomic E-state index is 0.570. The highest BCUT2D eigenvalue weighted by molar-refractivity contribution is 9.10. The quantitative estimate of drug-likeness (QED) is 0.585. The van der Waals surface area contributed by atoms with E-state index < -0.39 is 0 Å². The Bertz CT molecular complexity index is 620. The van der Waals surface area contributed by atoms with Crippen molar-refractivity contribution in [3.63, 3.8) is 0 Å². The van der Waals surface area contributed by atoms with Crippen LogP contribution in [0.15, 0.2) is 39.8 Å². The highest BCUT2D eigenvalue weighted by Crippen LogP contribution is 2.30. The van der Waals surface area contributed by atoms with Gasteiger partial charge in [0, 0.05) is 15.5 Å². The van der Waals surface area contributed by atoms with Gasteiger partial charge >= 0.3 is 0 Å². The number of rotatable bonds is 2. The van der Waals surface area contributed by atoms with Gasteiger partial charge in [0.15, 0.2) is 0 Å². The Morgan fingerprint density at radius 3 is 2.56 bits per heavy atom. The number of hydrogen-bond acceptors (Lipinski definition) is 3. The average molecular weight is 340 g/mol. The normalized spacial score (nSPS) is 10.1. The summed E-state index contributed by atoms with van der Waals surface area (Å²) in [7, 11) is 0. The molecule has 1 aromatic carbocycles. The first-order valence-corrected chi connectivity index (χ1v) is 7.46. The molecular weight excluding hydrogens is 332 g/mol. The molecule has 2 aromatic rings. The summed E-state index contributed by atoms with van der Waals surface area (Å²) in [4.78, 5) is 5.30. The summed E-state index contributed by atoms with van der Waals surface area (Å²) in [6, 6.07) is 11.5. The smallest absolute Gasteiger partial charge is 0.125 e. The van der Waals surface area contributed by atoms with E-state index in [1.807, 2.05) is 36.6 Å². The minimum absolute atomic E-state index is 0.570. The SMILES string of the molecule is CSc1cc(-c2ccc(Cl)cc2)nc(Br)c1C#N. The lowest BCUT2D eigenvalue weighted by atomic mass is 10.1. The Balaban J connectivity index is 2.56. The summed E-state index contributed by atoms with van der Waals surface area (Å²) < 4.78 is 0.571. The molecule has 0 saturated carbocycles. The number of benzene rings is 1. The van der Waals surface area contributed by atoms with E-state index in [2.05, 4.69) is 27.0 Å². The van der Waals surface area contributed by atoms with Crippen molar-refractivity contribution in [2.24, 2.45) is 0 Å². The second-order valence-corrected chi connectivity index (χ2v) is 5.53. The van der Waals surface area contributed by atoms with Gasteiger partial charge in [-0.05, 0) is 40.4 Å². The summed E-state index contributed by atoms with van der Waals surface area (Å²) in [5.41, 5.74) is 2.36. The number of aromatic nitrogens is 1. The lowest BCUT2D eigenvalue weighted by molar-refractivity contribution is 1.19. The second kappa shape index (κ2) is 5.75. The molecule has 0 aliphatic carbocycles. The number of thioether (sulfide) groups is 1. The number of pyridine rings is 1. The summed E-state index contributed by atoms with van der Waals surface area (Å²) >= 11 is 10.7. The van der Waals surface area contributed by atoms with Crippen molar-refractivity contribution in [1.29, 1.82) is 5.26 Å². The van der Waals surface area contributed by atoms with Crippen molar-refractivity contribution >= 4 is 39.3 Å². The van der Waals surface area contributed by atoms with E-state index in [1.54, 1.807) is 0 Å². The van der Waals surface area contributed by atoms with Gasteiger partial charge in [0.25, 0.3) is 0 Å². The Morgan fingerprint density at radius 1 is 1.33 bits per heavy atom. The van der Waals surface area contributed by atoms with Crippen LogP contribution in [0.1, 0.15) is 5.56 Å². The molecule has 2 rings (SSSR count). The molecule has 0 spiro atoms. The van der Waals surface area contributed by atoms with Crippen LogP contribution in [0.2, 0.25) is 5.02 Å². The molecule has 1 heterocycles. The molecule has 0 aliphatic heterocycles. The Kier molecular flexibility index (Phi) is 4.28. The van der Waals surface area contributed by atoms with Gasteiger partial charge < -0.3 is 0 Å². The molecule has 18 heavy (non-hydrogen) atoms. The predicted molar refractivity (Wildman–Crippen MR) is 78.9 cm³/mol. The third-order valence-corrected chi connectivity index (χ3v) is 4.00. The fourth-order valence-electron chi connectivity index (χ4n) is 1.52. The van der Waals surface area contributed by atoms with Crippen LogP contribution in [-0.2, 0) is 0 Å². The molecule has 0 atom stereocenters. The van der Waals surface area contributed by atoms with Crippen molar-refractivity contribution in [2.75, 3.05) is 6.26 Å². The lowest BCUT2D eigenvalue weighted by Gasteiger charge is -2.07. The maximum Gasteiger partial charge on any atom is 0.125 e. The standard InChI is InChI=1S/C13H8BrClN2S/c1-18-12-6-11(17-13(14)10(12)7-16)8-2-4-9(15)5-3-8/h2-6H,1H3. The van der Waals surface area contributed by atoms with Crippen molar-refractivity contribution < 1.29 is 0 Å². The van der Waals surface area contributed by atoms with E-state index >= 15 is 0 Å². The van der Waals surface area contributed by atoms with Crippen LogP contribution in [-0.4, -0.2) is 11.2 Å². The number of nitrogens with zero attached hydrogens (tertiary/aromatic N) is 2. The minimum Gasteiger partial charge on any atom is -0.239 e. The van der Waals surface area contributed by atoms with Gasteiger partial charge in [-0.15, -0.1) is 11.8 Å². The summed E-state index contributed by atoms with van der Waals surface area (Å²) in [5, 5.41) is 9.77. The van der Waals surface area contributed by atoms with Gasteiger partial charge in [0.05, 0.1) is 11.3 Å². The van der Waals surface area contributed by atoms with Gasteiger partial charge in [0.2, 0.25) is 0 Å². The lowest BCUT2D eigenvalue weighted by Crippen LogP contribution is -1.91. The highest BCUT2D eigenvalue weighted by atomic mass is 79.9. The van der Waals surface area contributed by atoms with Gasteiger partial charge in [-0.3, -0.25) is 0 Å². The molecule has 0 N–H and O–H groups in total. The fourth-order valence-corrected chi connectivity index (χ4v) is 2.85.